The number of aliphatic carboxylic acids is 1. The summed E-state index contributed by atoms with van der Waals surface area (Å²) in [5.41, 5.74) is 9.16. The molecular formula is C17H24N2O4. The minimum absolute atomic E-state index is 0.00995. The lowest BCUT2D eigenvalue weighted by atomic mass is 10.0. The van der Waals surface area contributed by atoms with E-state index in [1.54, 1.807) is 6.92 Å². The number of hydrogen-bond acceptors (Lipinski definition) is 5. The molecule has 0 aliphatic heterocycles. The molecule has 0 heterocycles. The van der Waals surface area contributed by atoms with E-state index in [-0.39, 0.29) is 13.2 Å². The van der Waals surface area contributed by atoms with E-state index < -0.39 is 18.0 Å². The van der Waals surface area contributed by atoms with Crippen molar-refractivity contribution < 1.29 is 19.4 Å². The molecule has 0 bridgehead atoms. The predicted molar refractivity (Wildman–Crippen MR) is 90.2 cm³/mol. The van der Waals surface area contributed by atoms with Gasteiger partial charge in [0.15, 0.2) is 6.61 Å². The molecule has 0 unspecified atom stereocenters. The molecule has 4 N–H and O–H groups in total. The first-order valence-corrected chi connectivity index (χ1v) is 7.09. The lowest BCUT2D eigenvalue weighted by molar-refractivity contribution is -0.140. The molecule has 6 nitrogen and oxygen atoms in total. The van der Waals surface area contributed by atoms with Gasteiger partial charge in [-0.25, -0.2) is 0 Å². The van der Waals surface area contributed by atoms with Crippen molar-refractivity contribution in [2.45, 2.75) is 33.7 Å². The van der Waals surface area contributed by atoms with Crippen LogP contribution in [-0.4, -0.2) is 36.2 Å². The Labute approximate surface area is 137 Å². The minimum atomic E-state index is -0.838. The zero-order valence-electron chi connectivity index (χ0n) is 14.0. The van der Waals surface area contributed by atoms with Crippen LogP contribution in [0.15, 0.2) is 12.1 Å². The van der Waals surface area contributed by atoms with Crippen LogP contribution in [0.4, 0.5) is 5.69 Å². The number of terminal acetylenes is 1. The third-order valence-corrected chi connectivity index (χ3v) is 3.16. The number of nitrogens with one attached hydrogen (secondary N) is 1. The second-order valence-electron chi connectivity index (χ2n) is 4.97. The van der Waals surface area contributed by atoms with E-state index in [1.165, 1.54) is 5.56 Å². The highest BCUT2D eigenvalue weighted by Gasteiger charge is 2.13. The monoisotopic (exact) mass is 320 g/mol. The minimum Gasteiger partial charge on any atom is -0.480 e. The Bertz CT molecular complexity index is 591. The Morgan fingerprint density at radius 2 is 1.91 bits per heavy atom. The number of carboxylic acid groups (broad SMARTS) is 1. The summed E-state index contributed by atoms with van der Waals surface area (Å²) in [4.78, 5) is 20.9. The second-order valence-corrected chi connectivity index (χ2v) is 4.97. The van der Waals surface area contributed by atoms with Crippen LogP contribution in [-0.2, 0) is 14.3 Å². The fourth-order valence-electron chi connectivity index (χ4n) is 1.63. The number of carbonyl (C=O) groups excluding carboxylic acids is 1. The van der Waals surface area contributed by atoms with E-state index in [9.17, 15) is 9.59 Å². The van der Waals surface area contributed by atoms with Gasteiger partial charge in [-0.15, -0.1) is 6.42 Å². The molecule has 0 aliphatic carbocycles. The highest BCUT2D eigenvalue weighted by atomic mass is 16.5. The van der Waals surface area contributed by atoms with Gasteiger partial charge in [0, 0.05) is 5.69 Å². The molecule has 1 rings (SSSR count). The Morgan fingerprint density at radius 3 is 2.39 bits per heavy atom. The third kappa shape index (κ3) is 7.34. The number of nitrogens with two attached hydrogens (primary N) is 1. The standard InChI is InChI=1S/C12H17NO2.C5H7NO2/c1-7-5-6-8(2)11(9(7)3)13-10(4)12(14)15;1-2-3-8-5(7)4-6/h5-6,10,13H,1-4H3,(H,14,15);1H,3-4,6H2/t10-;/m0./s1. The fraction of sp³-hybridized carbons (Fsp3) is 0.412. The van der Waals surface area contributed by atoms with Crippen LogP contribution in [0.5, 0.6) is 0 Å². The third-order valence-electron chi connectivity index (χ3n) is 3.16. The molecule has 0 saturated carbocycles. The van der Waals surface area contributed by atoms with Gasteiger partial charge in [-0.1, -0.05) is 18.1 Å². The molecule has 126 valence electrons. The Morgan fingerprint density at radius 1 is 1.35 bits per heavy atom. The maximum Gasteiger partial charge on any atom is 0.325 e. The number of esters is 1. The topological polar surface area (TPSA) is 102 Å². The normalized spacial score (nSPS) is 10.6. The quantitative estimate of drug-likeness (QED) is 0.563. The van der Waals surface area contributed by atoms with Crippen LogP contribution < -0.4 is 11.1 Å². The summed E-state index contributed by atoms with van der Waals surface area (Å²) >= 11 is 0. The van der Waals surface area contributed by atoms with Crippen LogP contribution in [0.2, 0.25) is 0 Å². The van der Waals surface area contributed by atoms with E-state index in [0.717, 1.165) is 16.8 Å². The summed E-state index contributed by atoms with van der Waals surface area (Å²) in [5.74, 6) is 0.827. The van der Waals surface area contributed by atoms with Crippen LogP contribution in [0.1, 0.15) is 23.6 Å². The number of carboxylic acids is 1. The molecule has 0 spiro atoms. The van der Waals surface area contributed by atoms with Crippen molar-refractivity contribution in [2.24, 2.45) is 5.73 Å². The number of ether oxygens (including phenoxy) is 1. The SMILES string of the molecule is C#CCOC(=O)CN.Cc1ccc(C)c(N[C@@H](C)C(=O)O)c1C. The molecule has 0 radical (unpaired) electrons. The van der Waals surface area contributed by atoms with Crippen molar-refractivity contribution in [1.29, 1.82) is 0 Å². The number of benzene rings is 1. The lowest BCUT2D eigenvalue weighted by Crippen LogP contribution is -2.26. The average Bonchev–Trinajstić information content (AvgIpc) is 2.53. The summed E-state index contributed by atoms with van der Waals surface area (Å²) in [7, 11) is 0. The first kappa shape index (κ1) is 20.5. The van der Waals surface area contributed by atoms with Gasteiger partial charge in [0.2, 0.25) is 0 Å². The van der Waals surface area contributed by atoms with E-state index in [0.29, 0.717) is 0 Å². The van der Waals surface area contributed by atoms with Crippen molar-refractivity contribution in [3.63, 3.8) is 0 Å². The number of hydrogen-bond donors (Lipinski definition) is 3. The number of rotatable bonds is 5. The summed E-state index contributed by atoms with van der Waals surface area (Å²) in [6, 6.07) is 3.48. The smallest absolute Gasteiger partial charge is 0.325 e. The molecule has 1 atom stereocenters. The number of carbonyl (C=O) groups is 2. The van der Waals surface area contributed by atoms with Crippen molar-refractivity contribution in [3.8, 4) is 12.3 Å². The number of anilines is 1. The van der Waals surface area contributed by atoms with Crippen molar-refractivity contribution in [1.82, 2.24) is 0 Å². The van der Waals surface area contributed by atoms with Crippen molar-refractivity contribution >= 4 is 17.6 Å². The van der Waals surface area contributed by atoms with Crippen LogP contribution in [0.3, 0.4) is 0 Å². The molecule has 23 heavy (non-hydrogen) atoms. The lowest BCUT2D eigenvalue weighted by Gasteiger charge is -2.17. The van der Waals surface area contributed by atoms with Gasteiger partial charge in [0.1, 0.15) is 6.04 Å². The molecule has 0 aliphatic rings. The van der Waals surface area contributed by atoms with Crippen LogP contribution in [0, 0.1) is 33.1 Å². The van der Waals surface area contributed by atoms with Gasteiger partial charge in [0.05, 0.1) is 6.54 Å². The molecule has 6 heteroatoms. The van der Waals surface area contributed by atoms with Gasteiger partial charge in [-0.05, 0) is 44.4 Å². The second kappa shape index (κ2) is 10.2. The maximum absolute atomic E-state index is 10.7. The molecule has 0 saturated heterocycles. The zero-order valence-corrected chi connectivity index (χ0v) is 14.0. The summed E-state index contributed by atoms with van der Waals surface area (Å²) in [6.07, 6.45) is 4.76. The predicted octanol–water partition coefficient (Wildman–Crippen LogP) is 1.62. The number of aryl methyl sites for hydroxylation is 2. The van der Waals surface area contributed by atoms with E-state index >= 15 is 0 Å². The van der Waals surface area contributed by atoms with Gasteiger partial charge < -0.3 is 20.9 Å². The summed E-state index contributed by atoms with van der Waals surface area (Å²) in [5, 5.41) is 11.9. The highest BCUT2D eigenvalue weighted by molar-refractivity contribution is 5.78. The molecular weight excluding hydrogens is 296 g/mol. The molecule has 0 aromatic heterocycles. The first-order valence-electron chi connectivity index (χ1n) is 7.09. The largest absolute Gasteiger partial charge is 0.480 e. The zero-order chi connectivity index (χ0) is 18.0. The maximum atomic E-state index is 10.7. The Balaban J connectivity index is 0.000000515. The Kier molecular flexibility index (Phi) is 9.12. The first-order chi connectivity index (χ1) is 10.7. The highest BCUT2D eigenvalue weighted by Crippen LogP contribution is 2.23. The van der Waals surface area contributed by atoms with Crippen LogP contribution >= 0.6 is 0 Å². The van der Waals surface area contributed by atoms with Gasteiger partial charge in [0.25, 0.3) is 0 Å². The van der Waals surface area contributed by atoms with Crippen molar-refractivity contribution in [3.05, 3.63) is 28.8 Å². The molecule has 0 fully saturated rings. The molecule has 0 amide bonds. The fourth-order valence-corrected chi connectivity index (χ4v) is 1.63. The Hall–Kier alpha value is -2.52. The molecule has 1 aromatic carbocycles. The van der Waals surface area contributed by atoms with E-state index in [2.05, 4.69) is 16.0 Å². The summed E-state index contributed by atoms with van der Waals surface area (Å²) in [6.45, 7) is 7.54. The summed E-state index contributed by atoms with van der Waals surface area (Å²) < 4.78 is 4.34. The van der Waals surface area contributed by atoms with E-state index in [4.69, 9.17) is 17.3 Å². The average molecular weight is 320 g/mol. The van der Waals surface area contributed by atoms with Gasteiger partial charge >= 0.3 is 11.9 Å². The molecule has 1 aromatic rings. The van der Waals surface area contributed by atoms with E-state index in [1.807, 2.05) is 32.9 Å². The van der Waals surface area contributed by atoms with Gasteiger partial charge in [-0.3, -0.25) is 9.59 Å². The van der Waals surface area contributed by atoms with Gasteiger partial charge in [-0.2, -0.15) is 0 Å². The van der Waals surface area contributed by atoms with Crippen LogP contribution in [0.25, 0.3) is 0 Å². The van der Waals surface area contributed by atoms with Crippen molar-refractivity contribution in [2.75, 3.05) is 18.5 Å².